The summed E-state index contributed by atoms with van der Waals surface area (Å²) >= 11 is 0. The number of hydrogen-bond acceptors (Lipinski definition) is 2. The molecular formula is C16H19N3O. The molecule has 104 valence electrons. The zero-order valence-electron chi connectivity index (χ0n) is 11.6. The lowest BCUT2D eigenvalue weighted by molar-refractivity contribution is -0.119. The molecular weight excluding hydrogens is 250 g/mol. The van der Waals surface area contributed by atoms with Crippen molar-refractivity contribution >= 4 is 5.91 Å². The van der Waals surface area contributed by atoms with E-state index >= 15 is 0 Å². The summed E-state index contributed by atoms with van der Waals surface area (Å²) in [7, 11) is 0. The number of aryl methyl sites for hydroxylation is 1. The van der Waals surface area contributed by atoms with Crippen LogP contribution >= 0.6 is 0 Å². The Balaban J connectivity index is 1.84. The Morgan fingerprint density at radius 2 is 2.10 bits per heavy atom. The van der Waals surface area contributed by atoms with Gasteiger partial charge in [0.25, 0.3) is 0 Å². The highest BCUT2D eigenvalue weighted by Crippen LogP contribution is 2.30. The zero-order valence-corrected chi connectivity index (χ0v) is 11.6. The van der Waals surface area contributed by atoms with Crippen LogP contribution in [0.2, 0.25) is 0 Å². The Kier molecular flexibility index (Phi) is 3.54. The van der Waals surface area contributed by atoms with Gasteiger partial charge in [-0.1, -0.05) is 30.3 Å². The molecule has 0 aliphatic carbocycles. The Bertz CT molecular complexity index is 591. The fraction of sp³-hybridized carbons (Fsp3) is 0.375. The number of nitrogens with zero attached hydrogens (tertiary/aromatic N) is 2. The molecule has 0 spiro atoms. The van der Waals surface area contributed by atoms with Crippen LogP contribution in [0.15, 0.2) is 42.6 Å². The van der Waals surface area contributed by atoms with Gasteiger partial charge in [0.05, 0.1) is 0 Å². The Morgan fingerprint density at radius 3 is 2.85 bits per heavy atom. The van der Waals surface area contributed by atoms with Gasteiger partial charge in [-0.15, -0.1) is 0 Å². The van der Waals surface area contributed by atoms with Crippen molar-refractivity contribution in [1.82, 2.24) is 15.1 Å². The first-order valence-corrected chi connectivity index (χ1v) is 7.13. The lowest BCUT2D eigenvalue weighted by Crippen LogP contribution is -2.31. The van der Waals surface area contributed by atoms with Crippen molar-refractivity contribution in [3.05, 3.63) is 53.9 Å². The number of aromatic nitrogens is 2. The number of benzene rings is 1. The molecule has 0 saturated carbocycles. The second-order valence-electron chi connectivity index (χ2n) is 5.25. The molecule has 0 bridgehead atoms. The molecule has 1 aromatic heterocycles. The van der Waals surface area contributed by atoms with Crippen molar-refractivity contribution in [1.29, 1.82) is 0 Å². The van der Waals surface area contributed by atoms with Crippen molar-refractivity contribution in [2.75, 3.05) is 0 Å². The lowest BCUT2D eigenvalue weighted by Gasteiger charge is -2.19. The van der Waals surface area contributed by atoms with Crippen LogP contribution in [0.5, 0.6) is 0 Å². The third-order valence-corrected chi connectivity index (χ3v) is 3.96. The summed E-state index contributed by atoms with van der Waals surface area (Å²) in [4.78, 5) is 11.8. The molecule has 20 heavy (non-hydrogen) atoms. The number of nitrogens with one attached hydrogen (secondary N) is 1. The first kappa shape index (κ1) is 12.9. The number of carbonyl (C=O) groups excluding carboxylic acids is 1. The van der Waals surface area contributed by atoms with Crippen LogP contribution in [0.4, 0.5) is 0 Å². The maximum Gasteiger partial charge on any atom is 0.220 e. The van der Waals surface area contributed by atoms with Crippen molar-refractivity contribution in [3.8, 4) is 0 Å². The van der Waals surface area contributed by atoms with E-state index < -0.39 is 0 Å². The summed E-state index contributed by atoms with van der Waals surface area (Å²) in [6.45, 7) is 2.91. The smallest absolute Gasteiger partial charge is 0.220 e. The van der Waals surface area contributed by atoms with Gasteiger partial charge in [-0.2, -0.15) is 5.10 Å². The standard InChI is InChI=1S/C16H19N3O/c1-2-19-15(8-9-17-19)13-11-16(20)18-14(13)10-12-6-4-3-5-7-12/h3-9,13-14H,2,10-11H2,1H3,(H,18,20). The SMILES string of the molecule is CCn1nccc1C1CC(=O)NC1Cc1ccccc1. The molecule has 1 saturated heterocycles. The van der Waals surface area contributed by atoms with E-state index in [1.54, 1.807) is 0 Å². The van der Waals surface area contributed by atoms with Gasteiger partial charge < -0.3 is 5.32 Å². The third-order valence-electron chi connectivity index (χ3n) is 3.96. The van der Waals surface area contributed by atoms with Crippen LogP contribution in [0.3, 0.4) is 0 Å². The summed E-state index contributed by atoms with van der Waals surface area (Å²) in [5.41, 5.74) is 2.42. The average molecular weight is 269 g/mol. The van der Waals surface area contributed by atoms with E-state index in [2.05, 4.69) is 29.5 Å². The fourth-order valence-corrected chi connectivity index (χ4v) is 3.00. The van der Waals surface area contributed by atoms with Gasteiger partial charge in [-0.3, -0.25) is 9.48 Å². The summed E-state index contributed by atoms with van der Waals surface area (Å²) in [6.07, 6.45) is 3.25. The summed E-state index contributed by atoms with van der Waals surface area (Å²) < 4.78 is 1.99. The molecule has 3 rings (SSSR count). The van der Waals surface area contributed by atoms with E-state index in [0.29, 0.717) is 6.42 Å². The molecule has 1 fully saturated rings. The van der Waals surface area contributed by atoms with Crippen LogP contribution in [-0.4, -0.2) is 21.7 Å². The van der Waals surface area contributed by atoms with Crippen LogP contribution in [-0.2, 0) is 17.8 Å². The highest BCUT2D eigenvalue weighted by Gasteiger charge is 2.35. The number of amides is 1. The molecule has 4 nitrogen and oxygen atoms in total. The highest BCUT2D eigenvalue weighted by molar-refractivity contribution is 5.80. The molecule has 2 unspecified atom stereocenters. The van der Waals surface area contributed by atoms with Gasteiger partial charge in [0.15, 0.2) is 0 Å². The molecule has 1 N–H and O–H groups in total. The van der Waals surface area contributed by atoms with Crippen LogP contribution in [0, 0.1) is 0 Å². The summed E-state index contributed by atoms with van der Waals surface area (Å²) in [5.74, 6) is 0.352. The maximum atomic E-state index is 11.8. The topological polar surface area (TPSA) is 46.9 Å². The first-order chi connectivity index (χ1) is 9.78. The summed E-state index contributed by atoms with van der Waals surface area (Å²) in [6, 6.07) is 12.5. The van der Waals surface area contributed by atoms with E-state index in [1.807, 2.05) is 35.1 Å². The molecule has 4 heteroatoms. The Labute approximate surface area is 118 Å². The number of carbonyl (C=O) groups is 1. The Morgan fingerprint density at radius 1 is 1.30 bits per heavy atom. The van der Waals surface area contributed by atoms with E-state index in [-0.39, 0.29) is 17.9 Å². The molecule has 1 aliphatic heterocycles. The van der Waals surface area contributed by atoms with Crippen LogP contribution in [0.1, 0.15) is 30.5 Å². The van der Waals surface area contributed by atoms with Crippen molar-refractivity contribution < 1.29 is 4.79 Å². The van der Waals surface area contributed by atoms with Gasteiger partial charge in [-0.05, 0) is 25.0 Å². The lowest BCUT2D eigenvalue weighted by atomic mass is 9.92. The van der Waals surface area contributed by atoms with E-state index in [4.69, 9.17) is 0 Å². The summed E-state index contributed by atoms with van der Waals surface area (Å²) in [5, 5.41) is 7.44. The van der Waals surface area contributed by atoms with Crippen LogP contribution in [0.25, 0.3) is 0 Å². The third kappa shape index (κ3) is 2.46. The number of hydrogen-bond donors (Lipinski definition) is 1. The van der Waals surface area contributed by atoms with Crippen molar-refractivity contribution in [2.45, 2.75) is 38.3 Å². The average Bonchev–Trinajstić information content (AvgIpc) is 3.06. The molecule has 2 heterocycles. The van der Waals surface area contributed by atoms with Crippen molar-refractivity contribution in [3.63, 3.8) is 0 Å². The normalized spacial score (nSPS) is 21.9. The minimum Gasteiger partial charge on any atom is -0.352 e. The predicted molar refractivity (Wildman–Crippen MR) is 77.3 cm³/mol. The monoisotopic (exact) mass is 269 g/mol. The molecule has 1 aliphatic rings. The Hall–Kier alpha value is -2.10. The van der Waals surface area contributed by atoms with Gasteiger partial charge in [-0.25, -0.2) is 0 Å². The highest BCUT2D eigenvalue weighted by atomic mass is 16.2. The minimum atomic E-state index is 0.139. The van der Waals surface area contributed by atoms with E-state index in [0.717, 1.165) is 18.7 Å². The van der Waals surface area contributed by atoms with E-state index in [9.17, 15) is 4.79 Å². The second-order valence-corrected chi connectivity index (χ2v) is 5.25. The predicted octanol–water partition coefficient (Wildman–Crippen LogP) is 2.12. The molecule has 1 amide bonds. The largest absolute Gasteiger partial charge is 0.352 e. The fourth-order valence-electron chi connectivity index (χ4n) is 3.00. The number of rotatable bonds is 4. The van der Waals surface area contributed by atoms with Crippen molar-refractivity contribution in [2.24, 2.45) is 0 Å². The zero-order chi connectivity index (χ0) is 13.9. The quantitative estimate of drug-likeness (QED) is 0.924. The molecule has 2 atom stereocenters. The first-order valence-electron chi connectivity index (χ1n) is 7.13. The van der Waals surface area contributed by atoms with Gasteiger partial charge >= 0.3 is 0 Å². The molecule has 1 aromatic carbocycles. The minimum absolute atomic E-state index is 0.139. The van der Waals surface area contributed by atoms with Gasteiger partial charge in [0.1, 0.15) is 0 Å². The molecule has 2 aromatic rings. The second kappa shape index (κ2) is 5.49. The van der Waals surface area contributed by atoms with Gasteiger partial charge in [0, 0.05) is 36.8 Å². The van der Waals surface area contributed by atoms with Gasteiger partial charge in [0.2, 0.25) is 5.91 Å². The van der Waals surface area contributed by atoms with E-state index in [1.165, 1.54) is 5.56 Å². The molecule has 0 radical (unpaired) electrons. The maximum absolute atomic E-state index is 11.8. The van der Waals surface area contributed by atoms with Crippen LogP contribution < -0.4 is 5.32 Å².